The van der Waals surface area contributed by atoms with E-state index in [9.17, 15) is 8.42 Å². The summed E-state index contributed by atoms with van der Waals surface area (Å²) in [5, 5.41) is 8.40. The number of nitrogens with two attached hydrogens (primary N) is 1. The van der Waals surface area contributed by atoms with Gasteiger partial charge in [-0.2, -0.15) is 0 Å². The number of hydrogen-bond donors (Lipinski definition) is 2. The van der Waals surface area contributed by atoms with Gasteiger partial charge in [0.1, 0.15) is 0 Å². The average molecular weight is 365 g/mol. The standard InChI is InChI=1S/C13H14Cl2N2O2S2/c1-7-3-4-9(5-11(7)21(16,18)19)17-8(2)10-6-12(14)20-13(10)15/h3-6,8,17H,1-2H3,(H2,16,18,19). The Kier molecular flexibility index (Phi) is 4.85. The van der Waals surface area contributed by atoms with Crippen LogP contribution in [-0.2, 0) is 10.0 Å². The molecule has 0 spiro atoms. The van der Waals surface area contributed by atoms with Crippen molar-refractivity contribution in [3.05, 3.63) is 44.1 Å². The molecule has 0 fully saturated rings. The van der Waals surface area contributed by atoms with Crippen LogP contribution in [0.25, 0.3) is 0 Å². The molecule has 114 valence electrons. The maximum atomic E-state index is 11.5. The smallest absolute Gasteiger partial charge is 0.238 e. The van der Waals surface area contributed by atoms with Gasteiger partial charge in [-0.3, -0.25) is 0 Å². The summed E-state index contributed by atoms with van der Waals surface area (Å²) in [4.78, 5) is 0.106. The minimum absolute atomic E-state index is 0.106. The lowest BCUT2D eigenvalue weighted by Gasteiger charge is -2.16. The van der Waals surface area contributed by atoms with E-state index in [4.69, 9.17) is 28.3 Å². The second kappa shape index (κ2) is 6.14. The van der Waals surface area contributed by atoms with Gasteiger partial charge >= 0.3 is 0 Å². The Labute approximate surface area is 137 Å². The molecule has 21 heavy (non-hydrogen) atoms. The molecule has 1 aromatic carbocycles. The molecule has 8 heteroatoms. The summed E-state index contributed by atoms with van der Waals surface area (Å²) in [5.41, 5.74) is 2.12. The highest BCUT2D eigenvalue weighted by Crippen LogP contribution is 2.36. The quantitative estimate of drug-likeness (QED) is 0.854. The molecular formula is C13H14Cl2N2O2S2. The SMILES string of the molecule is Cc1ccc(NC(C)c2cc(Cl)sc2Cl)cc1S(N)(=O)=O. The third-order valence-electron chi connectivity index (χ3n) is 3.03. The number of nitrogens with one attached hydrogen (secondary N) is 1. The number of rotatable bonds is 4. The zero-order valence-electron chi connectivity index (χ0n) is 11.4. The highest BCUT2D eigenvalue weighted by molar-refractivity contribution is 7.89. The van der Waals surface area contributed by atoms with Crippen molar-refractivity contribution in [2.75, 3.05) is 5.32 Å². The number of sulfonamides is 1. The number of halogens is 2. The van der Waals surface area contributed by atoms with Gasteiger partial charge in [0.25, 0.3) is 0 Å². The molecule has 3 N–H and O–H groups in total. The van der Waals surface area contributed by atoms with E-state index in [1.165, 1.54) is 17.4 Å². The third-order valence-corrected chi connectivity index (χ3v) is 5.60. The molecule has 1 atom stereocenters. The maximum absolute atomic E-state index is 11.5. The number of thiophene rings is 1. The molecule has 0 saturated carbocycles. The van der Waals surface area contributed by atoms with Crippen LogP contribution >= 0.6 is 34.5 Å². The molecule has 2 rings (SSSR count). The van der Waals surface area contributed by atoms with Crippen LogP contribution < -0.4 is 10.5 Å². The predicted octanol–water partition coefficient (Wildman–Crippen LogP) is 4.18. The van der Waals surface area contributed by atoms with Gasteiger partial charge in [0.2, 0.25) is 10.0 Å². The van der Waals surface area contributed by atoms with Crippen LogP contribution in [0.1, 0.15) is 24.1 Å². The Morgan fingerprint density at radius 3 is 2.48 bits per heavy atom. The van der Waals surface area contributed by atoms with Crippen molar-refractivity contribution in [2.24, 2.45) is 5.14 Å². The summed E-state index contributed by atoms with van der Waals surface area (Å²) in [7, 11) is -3.75. The van der Waals surface area contributed by atoms with Gasteiger partial charge in [0.15, 0.2) is 0 Å². The average Bonchev–Trinajstić information content (AvgIpc) is 2.69. The van der Waals surface area contributed by atoms with E-state index in [0.29, 0.717) is 19.9 Å². The molecule has 0 aliphatic heterocycles. The first-order chi connectivity index (χ1) is 9.68. The van der Waals surface area contributed by atoms with Crippen LogP contribution in [0, 0.1) is 6.92 Å². The fourth-order valence-electron chi connectivity index (χ4n) is 1.97. The van der Waals surface area contributed by atoms with Crippen LogP contribution in [0.4, 0.5) is 5.69 Å². The van der Waals surface area contributed by atoms with E-state index in [2.05, 4.69) is 5.32 Å². The summed E-state index contributed by atoms with van der Waals surface area (Å²) in [6, 6.07) is 6.70. The van der Waals surface area contributed by atoms with E-state index in [-0.39, 0.29) is 10.9 Å². The summed E-state index contributed by atoms with van der Waals surface area (Å²) in [5.74, 6) is 0. The highest BCUT2D eigenvalue weighted by Gasteiger charge is 2.16. The second-order valence-electron chi connectivity index (χ2n) is 4.67. The molecule has 0 amide bonds. The number of primary sulfonamides is 1. The molecule has 0 bridgehead atoms. The van der Waals surface area contributed by atoms with E-state index >= 15 is 0 Å². The zero-order chi connectivity index (χ0) is 15.8. The predicted molar refractivity (Wildman–Crippen MR) is 88.9 cm³/mol. The Hall–Kier alpha value is -0.790. The lowest BCUT2D eigenvalue weighted by molar-refractivity contribution is 0.597. The van der Waals surface area contributed by atoms with Crippen LogP contribution in [-0.4, -0.2) is 8.42 Å². The van der Waals surface area contributed by atoms with Gasteiger partial charge in [-0.25, -0.2) is 13.6 Å². The molecular weight excluding hydrogens is 351 g/mol. The first-order valence-electron chi connectivity index (χ1n) is 6.03. The van der Waals surface area contributed by atoms with Crippen LogP contribution in [0.5, 0.6) is 0 Å². The molecule has 1 heterocycles. The van der Waals surface area contributed by atoms with Gasteiger partial charge in [-0.1, -0.05) is 29.3 Å². The summed E-state index contributed by atoms with van der Waals surface area (Å²) >= 11 is 13.3. The Bertz CT molecular complexity index is 772. The fourth-order valence-corrected chi connectivity index (χ4v) is 4.43. The van der Waals surface area contributed by atoms with Crippen molar-refractivity contribution in [3.8, 4) is 0 Å². The lowest BCUT2D eigenvalue weighted by atomic mass is 10.1. The number of hydrogen-bond acceptors (Lipinski definition) is 4. The van der Waals surface area contributed by atoms with E-state index in [1.807, 2.05) is 6.92 Å². The number of benzene rings is 1. The number of anilines is 1. The summed E-state index contributed by atoms with van der Waals surface area (Å²) < 4.78 is 24.3. The zero-order valence-corrected chi connectivity index (χ0v) is 14.5. The number of aryl methyl sites for hydroxylation is 1. The third kappa shape index (κ3) is 3.90. The Morgan fingerprint density at radius 2 is 1.95 bits per heavy atom. The Balaban J connectivity index is 2.30. The molecule has 0 aliphatic rings. The van der Waals surface area contributed by atoms with Crippen molar-refractivity contribution in [2.45, 2.75) is 24.8 Å². The van der Waals surface area contributed by atoms with E-state index in [0.717, 1.165) is 5.56 Å². The van der Waals surface area contributed by atoms with Crippen LogP contribution in [0.2, 0.25) is 8.67 Å². The van der Waals surface area contributed by atoms with Crippen molar-refractivity contribution in [1.82, 2.24) is 0 Å². The molecule has 1 aromatic heterocycles. The highest BCUT2D eigenvalue weighted by atomic mass is 35.5. The van der Waals surface area contributed by atoms with Crippen molar-refractivity contribution in [1.29, 1.82) is 0 Å². The minimum Gasteiger partial charge on any atom is -0.378 e. The molecule has 1 unspecified atom stereocenters. The normalized spacial score (nSPS) is 13.2. The molecule has 0 saturated heterocycles. The molecule has 0 aliphatic carbocycles. The molecule has 2 aromatic rings. The van der Waals surface area contributed by atoms with Crippen molar-refractivity contribution < 1.29 is 8.42 Å². The second-order valence-corrected chi connectivity index (χ2v) is 8.49. The van der Waals surface area contributed by atoms with Crippen LogP contribution in [0.3, 0.4) is 0 Å². The Morgan fingerprint density at radius 1 is 1.29 bits per heavy atom. The summed E-state index contributed by atoms with van der Waals surface area (Å²) in [6.45, 7) is 3.61. The van der Waals surface area contributed by atoms with Gasteiger partial charge in [-0.05, 0) is 37.6 Å². The van der Waals surface area contributed by atoms with E-state index < -0.39 is 10.0 Å². The monoisotopic (exact) mass is 364 g/mol. The van der Waals surface area contributed by atoms with Crippen LogP contribution in [0.15, 0.2) is 29.2 Å². The van der Waals surface area contributed by atoms with Crippen molar-refractivity contribution in [3.63, 3.8) is 0 Å². The lowest BCUT2D eigenvalue weighted by Crippen LogP contribution is -2.14. The topological polar surface area (TPSA) is 72.2 Å². The first-order valence-corrected chi connectivity index (χ1v) is 9.15. The largest absolute Gasteiger partial charge is 0.378 e. The first kappa shape index (κ1) is 16.6. The van der Waals surface area contributed by atoms with Gasteiger partial charge in [0.05, 0.1) is 19.6 Å². The molecule has 0 radical (unpaired) electrons. The summed E-state index contributed by atoms with van der Waals surface area (Å²) in [6.07, 6.45) is 0. The van der Waals surface area contributed by atoms with Gasteiger partial charge in [-0.15, -0.1) is 11.3 Å². The maximum Gasteiger partial charge on any atom is 0.238 e. The fraction of sp³-hybridized carbons (Fsp3) is 0.231. The van der Waals surface area contributed by atoms with Gasteiger partial charge < -0.3 is 5.32 Å². The minimum atomic E-state index is -3.75. The van der Waals surface area contributed by atoms with Crippen molar-refractivity contribution >= 4 is 50.2 Å². The van der Waals surface area contributed by atoms with Gasteiger partial charge in [0, 0.05) is 11.3 Å². The van der Waals surface area contributed by atoms with E-state index in [1.54, 1.807) is 25.1 Å². The molecule has 4 nitrogen and oxygen atoms in total.